The average Bonchev–Trinajstić information content (AvgIpc) is 1.82. The van der Waals surface area contributed by atoms with E-state index in [1.807, 2.05) is 6.92 Å². The fraction of sp³-hybridized carbons (Fsp3) is 1.00. The van der Waals surface area contributed by atoms with Gasteiger partial charge in [0.1, 0.15) is 0 Å². The second-order valence-electron chi connectivity index (χ2n) is 2.33. The molecule has 3 heteroatoms. The van der Waals surface area contributed by atoms with Crippen molar-refractivity contribution >= 4 is 0 Å². The fourth-order valence-electron chi connectivity index (χ4n) is 0.464. The maximum Gasteiger partial charge on any atom is 0.309 e. The Bertz CT molecular complexity index is 76.0. The Morgan fingerprint density at radius 3 is 2.40 bits per heavy atom. The first-order valence-electron chi connectivity index (χ1n) is 3.58. The molecule has 2 nitrogen and oxygen atoms in total. The van der Waals surface area contributed by atoms with Gasteiger partial charge in [0.25, 0.3) is 0 Å². The molecule has 0 amide bonds. The molecular formula is C7H15FO2. The molecule has 0 aromatic heterocycles. The summed E-state index contributed by atoms with van der Waals surface area (Å²) >= 11 is 0. The van der Waals surface area contributed by atoms with Crippen LogP contribution in [0.1, 0.15) is 27.2 Å². The van der Waals surface area contributed by atoms with Crippen LogP contribution in [0.25, 0.3) is 0 Å². The van der Waals surface area contributed by atoms with Crippen LogP contribution in [0.5, 0.6) is 0 Å². The van der Waals surface area contributed by atoms with E-state index in [1.165, 1.54) is 0 Å². The van der Waals surface area contributed by atoms with Crippen molar-refractivity contribution in [1.29, 1.82) is 0 Å². The standard InChI is InChI=1S/C7H15FO2/c1-4-5-9-7(8)10-6(2)3/h6-7H,4-5H2,1-3H3. The largest absolute Gasteiger partial charge is 0.326 e. The Kier molecular flexibility index (Phi) is 5.54. The molecular weight excluding hydrogens is 135 g/mol. The zero-order valence-corrected chi connectivity index (χ0v) is 6.76. The quantitative estimate of drug-likeness (QED) is 0.559. The van der Waals surface area contributed by atoms with E-state index in [0.717, 1.165) is 6.42 Å². The van der Waals surface area contributed by atoms with Crippen molar-refractivity contribution < 1.29 is 13.9 Å². The normalized spacial score (nSPS) is 14.1. The van der Waals surface area contributed by atoms with Crippen molar-refractivity contribution in [2.75, 3.05) is 6.61 Å². The van der Waals surface area contributed by atoms with Crippen molar-refractivity contribution in [2.24, 2.45) is 0 Å². The summed E-state index contributed by atoms with van der Waals surface area (Å²) in [6, 6.07) is 0. The van der Waals surface area contributed by atoms with Crippen LogP contribution < -0.4 is 0 Å². The highest BCUT2D eigenvalue weighted by atomic mass is 19.2. The lowest BCUT2D eigenvalue weighted by molar-refractivity contribution is -0.233. The summed E-state index contributed by atoms with van der Waals surface area (Å²) in [6.45, 7) is 4.31. The van der Waals surface area contributed by atoms with Crippen LogP contribution in [0, 0.1) is 0 Å². The van der Waals surface area contributed by atoms with Crippen molar-refractivity contribution in [3.8, 4) is 0 Å². The van der Waals surface area contributed by atoms with Crippen LogP contribution in [0.4, 0.5) is 4.39 Å². The molecule has 0 rings (SSSR count). The Hall–Kier alpha value is -0.150. The number of rotatable bonds is 5. The molecule has 0 aromatic rings. The molecule has 0 aromatic carbocycles. The van der Waals surface area contributed by atoms with E-state index in [1.54, 1.807) is 13.8 Å². The minimum Gasteiger partial charge on any atom is -0.326 e. The van der Waals surface area contributed by atoms with Gasteiger partial charge in [0.05, 0.1) is 12.7 Å². The highest BCUT2D eigenvalue weighted by Crippen LogP contribution is 2.01. The topological polar surface area (TPSA) is 18.5 Å². The van der Waals surface area contributed by atoms with E-state index in [2.05, 4.69) is 9.47 Å². The van der Waals surface area contributed by atoms with Crippen molar-refractivity contribution in [1.82, 2.24) is 0 Å². The predicted octanol–water partition coefficient (Wildman–Crippen LogP) is 2.09. The predicted molar refractivity (Wildman–Crippen MR) is 37.4 cm³/mol. The Balaban J connectivity index is 3.16. The van der Waals surface area contributed by atoms with Gasteiger partial charge in [0.15, 0.2) is 0 Å². The third-order valence-electron chi connectivity index (χ3n) is 0.832. The summed E-state index contributed by atoms with van der Waals surface area (Å²) < 4.78 is 21.7. The van der Waals surface area contributed by atoms with Crippen LogP contribution in [0.15, 0.2) is 0 Å². The lowest BCUT2D eigenvalue weighted by atomic mass is 10.5. The van der Waals surface area contributed by atoms with Gasteiger partial charge in [-0.3, -0.25) is 0 Å². The van der Waals surface area contributed by atoms with Crippen LogP contribution in [-0.4, -0.2) is 19.3 Å². The van der Waals surface area contributed by atoms with E-state index in [4.69, 9.17) is 0 Å². The van der Waals surface area contributed by atoms with Gasteiger partial charge < -0.3 is 9.47 Å². The smallest absolute Gasteiger partial charge is 0.309 e. The average molecular weight is 150 g/mol. The zero-order chi connectivity index (χ0) is 7.98. The Morgan fingerprint density at radius 2 is 2.00 bits per heavy atom. The molecule has 0 fully saturated rings. The molecule has 1 atom stereocenters. The summed E-state index contributed by atoms with van der Waals surface area (Å²) in [5.41, 5.74) is 0. The second-order valence-corrected chi connectivity index (χ2v) is 2.33. The third kappa shape index (κ3) is 5.98. The summed E-state index contributed by atoms with van der Waals surface area (Å²) in [5, 5.41) is 0. The molecule has 0 saturated heterocycles. The Morgan fingerprint density at radius 1 is 1.40 bits per heavy atom. The first-order chi connectivity index (χ1) is 4.66. The van der Waals surface area contributed by atoms with Gasteiger partial charge in [0, 0.05) is 0 Å². The van der Waals surface area contributed by atoms with E-state index < -0.39 is 6.54 Å². The lowest BCUT2D eigenvalue weighted by Gasteiger charge is -2.12. The fourth-order valence-corrected chi connectivity index (χ4v) is 0.464. The van der Waals surface area contributed by atoms with E-state index in [-0.39, 0.29) is 6.10 Å². The number of halogens is 1. The van der Waals surface area contributed by atoms with Gasteiger partial charge in [-0.15, -0.1) is 0 Å². The second kappa shape index (κ2) is 5.62. The van der Waals surface area contributed by atoms with Gasteiger partial charge in [-0.2, -0.15) is 4.39 Å². The van der Waals surface area contributed by atoms with Gasteiger partial charge in [-0.1, -0.05) is 6.92 Å². The van der Waals surface area contributed by atoms with Crippen molar-refractivity contribution in [3.05, 3.63) is 0 Å². The van der Waals surface area contributed by atoms with Crippen LogP contribution in [-0.2, 0) is 9.47 Å². The highest BCUT2D eigenvalue weighted by Gasteiger charge is 2.06. The van der Waals surface area contributed by atoms with Crippen molar-refractivity contribution in [3.63, 3.8) is 0 Å². The maximum atomic E-state index is 12.4. The molecule has 0 spiro atoms. The summed E-state index contributed by atoms with van der Waals surface area (Å²) in [4.78, 5) is 0. The van der Waals surface area contributed by atoms with E-state index in [9.17, 15) is 4.39 Å². The highest BCUT2D eigenvalue weighted by molar-refractivity contribution is 4.34. The third-order valence-corrected chi connectivity index (χ3v) is 0.832. The summed E-state index contributed by atoms with van der Waals surface area (Å²) in [7, 11) is 0. The van der Waals surface area contributed by atoms with Crippen LogP contribution in [0.2, 0.25) is 0 Å². The monoisotopic (exact) mass is 150 g/mol. The van der Waals surface area contributed by atoms with Crippen LogP contribution >= 0.6 is 0 Å². The molecule has 1 unspecified atom stereocenters. The first-order valence-corrected chi connectivity index (χ1v) is 3.58. The molecule has 0 bridgehead atoms. The molecule has 0 N–H and O–H groups in total. The zero-order valence-electron chi connectivity index (χ0n) is 6.76. The minimum absolute atomic E-state index is 0.119. The molecule has 0 radical (unpaired) electrons. The molecule has 10 heavy (non-hydrogen) atoms. The van der Waals surface area contributed by atoms with Crippen LogP contribution in [0.3, 0.4) is 0 Å². The molecule has 62 valence electrons. The number of hydrogen-bond acceptors (Lipinski definition) is 2. The van der Waals surface area contributed by atoms with Gasteiger partial charge in [-0.05, 0) is 20.3 Å². The van der Waals surface area contributed by atoms with Gasteiger partial charge in [-0.25, -0.2) is 0 Å². The maximum absolute atomic E-state index is 12.4. The minimum atomic E-state index is -1.56. The number of hydrogen-bond donors (Lipinski definition) is 0. The number of alkyl halides is 1. The molecule has 0 aliphatic carbocycles. The number of ether oxygens (including phenoxy) is 2. The van der Waals surface area contributed by atoms with E-state index in [0.29, 0.717) is 6.61 Å². The van der Waals surface area contributed by atoms with Gasteiger partial charge in [0.2, 0.25) is 0 Å². The molecule has 0 heterocycles. The summed E-state index contributed by atoms with van der Waals surface area (Å²) in [6.07, 6.45) is 0.689. The first kappa shape index (κ1) is 9.85. The van der Waals surface area contributed by atoms with Crippen molar-refractivity contribution in [2.45, 2.75) is 39.8 Å². The van der Waals surface area contributed by atoms with E-state index >= 15 is 0 Å². The molecule has 0 aliphatic rings. The molecule has 0 aliphatic heterocycles. The lowest BCUT2D eigenvalue weighted by Crippen LogP contribution is -2.16. The molecule has 0 saturated carbocycles. The SMILES string of the molecule is CCCOC(F)OC(C)C. The summed E-state index contributed by atoms with van der Waals surface area (Å²) in [5.74, 6) is 0. The Labute approximate surface area is 61.3 Å². The van der Waals surface area contributed by atoms with Gasteiger partial charge >= 0.3 is 6.54 Å².